The topological polar surface area (TPSA) is 61.4 Å². The molecule has 3 N–H and O–H groups in total. The summed E-state index contributed by atoms with van der Waals surface area (Å²) in [5.41, 5.74) is 8.24. The molecule has 1 aromatic carbocycles. The summed E-state index contributed by atoms with van der Waals surface area (Å²) in [6, 6.07) is 7.88. The fourth-order valence-corrected chi connectivity index (χ4v) is 2.73. The molecule has 0 radical (unpaired) electrons. The van der Waals surface area contributed by atoms with Gasteiger partial charge in [-0.3, -0.25) is 10.2 Å². The van der Waals surface area contributed by atoms with Crippen molar-refractivity contribution in [3.63, 3.8) is 0 Å². The molecule has 0 amide bonds. The number of nitrogens with one attached hydrogen (secondary N) is 2. The molecule has 104 valence electrons. The molecule has 4 heteroatoms. The minimum atomic E-state index is -0.812. The zero-order chi connectivity index (χ0) is 14.0. The molecule has 0 aromatic heterocycles. The van der Waals surface area contributed by atoms with Crippen molar-refractivity contribution >= 4 is 5.97 Å². The van der Waals surface area contributed by atoms with Gasteiger partial charge in [0.2, 0.25) is 0 Å². The molecule has 2 rings (SSSR count). The standard InChI is InChI=1S/C15H22N2O2/c1-9(2)8-11-4-6-12(7-5-11)13-10(3)16-17-14(13)15(18)19/h4-7,9-10,13-14,16-17H,8H2,1-3H3,(H,18,19). The van der Waals surface area contributed by atoms with Crippen LogP contribution in [-0.2, 0) is 11.2 Å². The predicted molar refractivity (Wildman–Crippen MR) is 74.9 cm³/mol. The molecule has 1 heterocycles. The van der Waals surface area contributed by atoms with Gasteiger partial charge in [-0.25, -0.2) is 5.43 Å². The Labute approximate surface area is 114 Å². The number of hydrazine groups is 1. The Bertz CT molecular complexity index is 442. The molecule has 0 aliphatic carbocycles. The summed E-state index contributed by atoms with van der Waals surface area (Å²) in [5.74, 6) is -0.218. The average Bonchev–Trinajstić information content (AvgIpc) is 2.71. The van der Waals surface area contributed by atoms with E-state index < -0.39 is 12.0 Å². The number of carboxylic acid groups (broad SMARTS) is 1. The Morgan fingerprint density at radius 3 is 2.42 bits per heavy atom. The molecule has 1 aliphatic heterocycles. The van der Waals surface area contributed by atoms with Crippen LogP contribution < -0.4 is 10.9 Å². The van der Waals surface area contributed by atoms with Crippen LogP contribution in [0.3, 0.4) is 0 Å². The predicted octanol–water partition coefficient (Wildman–Crippen LogP) is 1.92. The Balaban J connectivity index is 2.18. The van der Waals surface area contributed by atoms with Crippen LogP contribution in [-0.4, -0.2) is 23.2 Å². The van der Waals surface area contributed by atoms with Gasteiger partial charge in [-0.05, 0) is 30.4 Å². The summed E-state index contributed by atoms with van der Waals surface area (Å²) in [7, 11) is 0. The Morgan fingerprint density at radius 1 is 1.26 bits per heavy atom. The Kier molecular flexibility index (Phi) is 4.22. The first-order valence-electron chi connectivity index (χ1n) is 6.81. The summed E-state index contributed by atoms with van der Waals surface area (Å²) < 4.78 is 0. The quantitative estimate of drug-likeness (QED) is 0.776. The third kappa shape index (κ3) is 3.14. The summed E-state index contributed by atoms with van der Waals surface area (Å²) in [6.45, 7) is 6.39. The molecule has 0 spiro atoms. The van der Waals surface area contributed by atoms with Crippen LogP contribution >= 0.6 is 0 Å². The Hall–Kier alpha value is -1.39. The molecular weight excluding hydrogens is 240 g/mol. The Morgan fingerprint density at radius 2 is 1.89 bits per heavy atom. The molecule has 1 aliphatic rings. The fourth-order valence-electron chi connectivity index (χ4n) is 2.73. The van der Waals surface area contributed by atoms with Gasteiger partial charge in [0.05, 0.1) is 0 Å². The third-order valence-electron chi connectivity index (χ3n) is 3.64. The highest BCUT2D eigenvalue weighted by Gasteiger charge is 2.38. The lowest BCUT2D eigenvalue weighted by Crippen LogP contribution is -2.38. The number of carbonyl (C=O) groups is 1. The van der Waals surface area contributed by atoms with Gasteiger partial charge < -0.3 is 5.11 Å². The van der Waals surface area contributed by atoms with Crippen molar-refractivity contribution in [3.8, 4) is 0 Å². The largest absolute Gasteiger partial charge is 0.480 e. The molecule has 0 bridgehead atoms. The van der Waals surface area contributed by atoms with Crippen LogP contribution in [0.1, 0.15) is 37.8 Å². The highest BCUT2D eigenvalue weighted by molar-refractivity contribution is 5.75. The first kappa shape index (κ1) is 14.0. The van der Waals surface area contributed by atoms with Gasteiger partial charge in [-0.15, -0.1) is 0 Å². The first-order valence-corrected chi connectivity index (χ1v) is 6.81. The molecule has 19 heavy (non-hydrogen) atoms. The van der Waals surface area contributed by atoms with Crippen LogP contribution in [0.15, 0.2) is 24.3 Å². The molecule has 1 saturated heterocycles. The second-order valence-corrected chi connectivity index (χ2v) is 5.76. The van der Waals surface area contributed by atoms with E-state index >= 15 is 0 Å². The zero-order valence-electron chi connectivity index (χ0n) is 11.7. The van der Waals surface area contributed by atoms with E-state index in [2.05, 4.69) is 49.0 Å². The maximum Gasteiger partial charge on any atom is 0.322 e. The number of hydrogen-bond donors (Lipinski definition) is 3. The van der Waals surface area contributed by atoms with E-state index in [0.717, 1.165) is 12.0 Å². The second kappa shape index (κ2) is 5.72. The van der Waals surface area contributed by atoms with Crippen LogP contribution in [0.2, 0.25) is 0 Å². The van der Waals surface area contributed by atoms with Crippen molar-refractivity contribution in [2.75, 3.05) is 0 Å². The minimum absolute atomic E-state index is 0.0365. The molecule has 3 unspecified atom stereocenters. The van der Waals surface area contributed by atoms with E-state index in [1.54, 1.807) is 0 Å². The summed E-state index contributed by atoms with van der Waals surface area (Å²) in [5, 5.41) is 9.23. The average molecular weight is 262 g/mol. The van der Waals surface area contributed by atoms with Crippen molar-refractivity contribution in [2.45, 2.75) is 45.2 Å². The number of aliphatic carboxylic acids is 1. The van der Waals surface area contributed by atoms with Gasteiger partial charge in [-0.1, -0.05) is 38.1 Å². The lowest BCUT2D eigenvalue weighted by atomic mass is 9.87. The van der Waals surface area contributed by atoms with Crippen molar-refractivity contribution in [1.82, 2.24) is 10.9 Å². The zero-order valence-corrected chi connectivity index (χ0v) is 11.7. The van der Waals surface area contributed by atoms with Crippen LogP contribution in [0.4, 0.5) is 0 Å². The first-order chi connectivity index (χ1) is 8.99. The summed E-state index contributed by atoms with van der Waals surface area (Å²) in [6.07, 6.45) is 1.05. The van der Waals surface area contributed by atoms with Crippen molar-refractivity contribution < 1.29 is 9.90 Å². The molecule has 1 aromatic rings. The van der Waals surface area contributed by atoms with Gasteiger partial charge in [-0.2, -0.15) is 0 Å². The molecule has 0 saturated carbocycles. The summed E-state index contributed by atoms with van der Waals surface area (Å²) >= 11 is 0. The minimum Gasteiger partial charge on any atom is -0.480 e. The fraction of sp³-hybridized carbons (Fsp3) is 0.533. The van der Waals surface area contributed by atoms with Crippen molar-refractivity contribution in [3.05, 3.63) is 35.4 Å². The molecule has 4 nitrogen and oxygen atoms in total. The second-order valence-electron chi connectivity index (χ2n) is 5.76. The lowest BCUT2D eigenvalue weighted by Gasteiger charge is -2.19. The third-order valence-corrected chi connectivity index (χ3v) is 3.64. The maximum absolute atomic E-state index is 11.2. The number of rotatable bonds is 4. The van der Waals surface area contributed by atoms with Gasteiger partial charge >= 0.3 is 5.97 Å². The number of carboxylic acids is 1. The van der Waals surface area contributed by atoms with E-state index in [4.69, 9.17) is 0 Å². The summed E-state index contributed by atoms with van der Waals surface area (Å²) in [4.78, 5) is 11.2. The van der Waals surface area contributed by atoms with Crippen LogP contribution in [0, 0.1) is 5.92 Å². The lowest BCUT2D eigenvalue weighted by molar-refractivity contribution is -0.139. The van der Waals surface area contributed by atoms with Crippen molar-refractivity contribution in [2.24, 2.45) is 5.92 Å². The van der Waals surface area contributed by atoms with E-state index in [-0.39, 0.29) is 12.0 Å². The van der Waals surface area contributed by atoms with E-state index in [1.165, 1.54) is 5.56 Å². The molecule has 1 fully saturated rings. The highest BCUT2D eigenvalue weighted by Crippen LogP contribution is 2.27. The maximum atomic E-state index is 11.2. The van der Waals surface area contributed by atoms with E-state index in [9.17, 15) is 9.90 Å². The number of benzene rings is 1. The smallest absolute Gasteiger partial charge is 0.322 e. The highest BCUT2D eigenvalue weighted by atomic mass is 16.4. The van der Waals surface area contributed by atoms with Crippen LogP contribution in [0.5, 0.6) is 0 Å². The van der Waals surface area contributed by atoms with Gasteiger partial charge in [0.1, 0.15) is 6.04 Å². The van der Waals surface area contributed by atoms with Gasteiger partial charge in [0.25, 0.3) is 0 Å². The van der Waals surface area contributed by atoms with Crippen LogP contribution in [0.25, 0.3) is 0 Å². The van der Waals surface area contributed by atoms with E-state index in [0.29, 0.717) is 5.92 Å². The van der Waals surface area contributed by atoms with Gasteiger partial charge in [0, 0.05) is 12.0 Å². The van der Waals surface area contributed by atoms with E-state index in [1.807, 2.05) is 6.92 Å². The van der Waals surface area contributed by atoms with Gasteiger partial charge in [0.15, 0.2) is 0 Å². The molecule has 3 atom stereocenters. The SMILES string of the molecule is CC(C)Cc1ccc(C2C(C)NNC2C(=O)O)cc1. The normalized spacial score (nSPS) is 26.8. The van der Waals surface area contributed by atoms with Crippen molar-refractivity contribution in [1.29, 1.82) is 0 Å². The molecular formula is C15H22N2O2. The number of hydrogen-bond acceptors (Lipinski definition) is 3. The monoisotopic (exact) mass is 262 g/mol.